The summed E-state index contributed by atoms with van der Waals surface area (Å²) in [5.41, 5.74) is -1.29. The van der Waals surface area contributed by atoms with Crippen LogP contribution in [-0.2, 0) is 20.1 Å². The zero-order valence-corrected chi connectivity index (χ0v) is 23.1. The second kappa shape index (κ2) is 10.3. The number of fused-ring (bicyclic) bond motifs is 3. The van der Waals surface area contributed by atoms with Gasteiger partial charge in [-0.25, -0.2) is 9.67 Å². The summed E-state index contributed by atoms with van der Waals surface area (Å²) in [6.07, 6.45) is -0.306. The molecule has 7 heterocycles. The van der Waals surface area contributed by atoms with Gasteiger partial charge in [-0.2, -0.15) is 36.8 Å². The Bertz CT molecular complexity index is 1440. The van der Waals surface area contributed by atoms with Crippen LogP contribution in [0.2, 0.25) is 0 Å². The fraction of sp³-hybridized carbons (Fsp3) is 0.667. The van der Waals surface area contributed by atoms with E-state index in [2.05, 4.69) is 15.1 Å². The van der Waals surface area contributed by atoms with Crippen LogP contribution in [0.15, 0.2) is 18.3 Å². The highest BCUT2D eigenvalue weighted by molar-refractivity contribution is 5.95. The van der Waals surface area contributed by atoms with Gasteiger partial charge in [0.15, 0.2) is 17.2 Å². The number of rotatable bonds is 5. The van der Waals surface area contributed by atoms with Crippen LogP contribution in [0.4, 0.5) is 33.5 Å². The Labute approximate surface area is 238 Å². The van der Waals surface area contributed by atoms with Crippen LogP contribution in [0, 0.1) is 0 Å². The zero-order chi connectivity index (χ0) is 29.2. The second-order valence-electron chi connectivity index (χ2n) is 11.5. The molecule has 0 radical (unpaired) electrons. The molecular weight excluding hydrogens is 565 g/mol. The first kappa shape index (κ1) is 27.8. The molecule has 4 aliphatic heterocycles. The van der Waals surface area contributed by atoms with Gasteiger partial charge in [0.1, 0.15) is 12.0 Å². The smallest absolute Gasteiger partial charge is 0.377 e. The van der Waals surface area contributed by atoms with Gasteiger partial charge in [-0.1, -0.05) is 0 Å². The molecule has 3 aromatic rings. The van der Waals surface area contributed by atoms with Crippen LogP contribution in [0.3, 0.4) is 0 Å². The van der Waals surface area contributed by atoms with Gasteiger partial charge in [0.25, 0.3) is 0 Å². The van der Waals surface area contributed by atoms with Crippen molar-refractivity contribution in [1.29, 1.82) is 0 Å². The largest absolute Gasteiger partial charge is 0.459 e. The van der Waals surface area contributed by atoms with Crippen LogP contribution < -0.4 is 9.80 Å². The molecule has 3 aromatic heterocycles. The highest BCUT2D eigenvalue weighted by atomic mass is 19.4. The van der Waals surface area contributed by atoms with Gasteiger partial charge < -0.3 is 24.0 Å². The maximum absolute atomic E-state index is 15.3. The third-order valence-corrected chi connectivity index (χ3v) is 8.70. The molecule has 7 rings (SSSR count). The number of ether oxygens (including phenoxy) is 3. The van der Waals surface area contributed by atoms with E-state index in [1.165, 1.54) is 6.07 Å². The molecule has 3 unspecified atom stereocenters. The first-order valence-electron chi connectivity index (χ1n) is 14.4. The third kappa shape index (κ3) is 4.51. The maximum atomic E-state index is 15.3. The molecule has 10 nitrogen and oxygen atoms in total. The topological polar surface area (TPSA) is 82.7 Å². The fourth-order valence-electron chi connectivity index (χ4n) is 6.58. The van der Waals surface area contributed by atoms with E-state index in [9.17, 15) is 13.2 Å². The minimum absolute atomic E-state index is 0.0266. The summed E-state index contributed by atoms with van der Waals surface area (Å²) >= 11 is 0. The molecule has 2 bridgehead atoms. The number of hydrogen-bond acceptors (Lipinski definition) is 8. The quantitative estimate of drug-likeness (QED) is 0.396. The monoisotopic (exact) mass is 597 g/mol. The number of pyridine rings is 1. The number of halogens is 5. The number of morpholine rings is 2. The molecule has 0 spiro atoms. The Morgan fingerprint density at radius 2 is 1.69 bits per heavy atom. The van der Waals surface area contributed by atoms with E-state index < -0.39 is 17.8 Å². The lowest BCUT2D eigenvalue weighted by molar-refractivity contribution is -0.290. The normalized spacial score (nSPS) is 27.3. The van der Waals surface area contributed by atoms with Gasteiger partial charge in [0.2, 0.25) is 0 Å². The van der Waals surface area contributed by atoms with Crippen molar-refractivity contribution in [3.05, 3.63) is 24.0 Å². The molecule has 228 valence electrons. The summed E-state index contributed by atoms with van der Waals surface area (Å²) in [4.78, 5) is 8.70. The van der Waals surface area contributed by atoms with Gasteiger partial charge in [-0.15, -0.1) is 0 Å². The van der Waals surface area contributed by atoms with Gasteiger partial charge in [-0.3, -0.25) is 0 Å². The van der Waals surface area contributed by atoms with Crippen molar-refractivity contribution >= 4 is 22.5 Å². The van der Waals surface area contributed by atoms with Crippen LogP contribution in [0.5, 0.6) is 0 Å². The number of anilines is 2. The summed E-state index contributed by atoms with van der Waals surface area (Å²) in [6, 6.07) is 2.94. The highest BCUT2D eigenvalue weighted by Crippen LogP contribution is 2.49. The highest BCUT2D eigenvalue weighted by Gasteiger charge is 2.62. The van der Waals surface area contributed by atoms with E-state index >= 15 is 8.78 Å². The molecule has 4 saturated heterocycles. The Morgan fingerprint density at radius 3 is 2.38 bits per heavy atom. The van der Waals surface area contributed by atoms with E-state index in [-0.39, 0.29) is 46.9 Å². The maximum Gasteiger partial charge on any atom is 0.459 e. The number of aromatic nitrogens is 5. The van der Waals surface area contributed by atoms with Gasteiger partial charge in [0, 0.05) is 37.5 Å². The molecule has 0 saturated carbocycles. The molecule has 0 aliphatic carbocycles. The summed E-state index contributed by atoms with van der Waals surface area (Å²) in [7, 11) is 0. The zero-order valence-electron chi connectivity index (χ0n) is 23.1. The third-order valence-electron chi connectivity index (χ3n) is 8.70. The number of alkyl halides is 5. The molecular formula is C27H32F5N7O3. The van der Waals surface area contributed by atoms with E-state index in [1.54, 1.807) is 16.9 Å². The number of nitrogens with zero attached hydrogens (tertiary/aromatic N) is 7. The van der Waals surface area contributed by atoms with Crippen molar-refractivity contribution in [1.82, 2.24) is 24.5 Å². The van der Waals surface area contributed by atoms with Gasteiger partial charge >= 0.3 is 12.1 Å². The van der Waals surface area contributed by atoms with E-state index in [0.717, 1.165) is 30.4 Å². The number of hydrogen-bond donors (Lipinski definition) is 0. The first-order chi connectivity index (χ1) is 20.1. The predicted molar refractivity (Wildman–Crippen MR) is 141 cm³/mol. The van der Waals surface area contributed by atoms with Crippen molar-refractivity contribution < 1.29 is 36.2 Å². The Hall–Kier alpha value is -3.04. The Balaban J connectivity index is 1.46. The standard InChI is InChI=1S/C27H32F5N7O3/c1-16-13-40-11-9-36(16)19-12-21(38-17-5-6-18(38)15-41-14-17)33-25-23(19)24(26(28,29)27(30,31)32)35-39(25)20-7-8-37(34-20)22-4-2-3-10-42-22/h7-8,12,16-18,22H,2-6,9-11,13-15H2,1H3/t16-,17?,18?,22?/m1/s1. The molecule has 0 amide bonds. The van der Waals surface area contributed by atoms with Gasteiger partial charge in [0.05, 0.1) is 49.6 Å². The molecule has 0 N–H and O–H groups in total. The lowest BCUT2D eigenvalue weighted by Crippen LogP contribution is -2.47. The molecule has 15 heteroatoms. The SMILES string of the molecule is C[C@@H]1COCCN1c1cc(N2C3CCC2COC3)nc2c1c(C(F)(F)C(F)(F)F)nn2-c1ccn(C2CCCCO2)n1. The summed E-state index contributed by atoms with van der Waals surface area (Å²) in [6.45, 7) is 4.29. The average molecular weight is 598 g/mol. The van der Waals surface area contributed by atoms with Crippen LogP contribution >= 0.6 is 0 Å². The molecule has 0 aromatic carbocycles. The molecule has 4 aliphatic rings. The lowest BCUT2D eigenvalue weighted by atomic mass is 10.1. The predicted octanol–water partition coefficient (Wildman–Crippen LogP) is 4.56. The Morgan fingerprint density at radius 1 is 0.905 bits per heavy atom. The Kier molecular flexibility index (Phi) is 6.81. The lowest BCUT2D eigenvalue weighted by Gasteiger charge is -2.38. The fourth-order valence-corrected chi connectivity index (χ4v) is 6.58. The molecule has 4 fully saturated rings. The van der Waals surface area contributed by atoms with Crippen molar-refractivity contribution in [3.8, 4) is 5.82 Å². The van der Waals surface area contributed by atoms with E-state index in [1.807, 2.05) is 11.8 Å². The summed E-state index contributed by atoms with van der Waals surface area (Å²) in [5, 5.41) is 8.11. The minimum atomic E-state index is -5.87. The van der Waals surface area contributed by atoms with E-state index in [0.29, 0.717) is 51.8 Å². The first-order valence-corrected chi connectivity index (χ1v) is 14.4. The molecule has 4 atom stereocenters. The summed E-state index contributed by atoms with van der Waals surface area (Å²) < 4.78 is 92.1. The van der Waals surface area contributed by atoms with E-state index in [4.69, 9.17) is 19.2 Å². The van der Waals surface area contributed by atoms with Crippen LogP contribution in [0.1, 0.15) is 50.9 Å². The van der Waals surface area contributed by atoms with Crippen LogP contribution in [0.25, 0.3) is 16.9 Å². The minimum Gasteiger partial charge on any atom is -0.377 e. The second-order valence-corrected chi connectivity index (χ2v) is 11.5. The van der Waals surface area contributed by atoms with Crippen molar-refractivity contribution in [3.63, 3.8) is 0 Å². The van der Waals surface area contributed by atoms with Gasteiger partial charge in [-0.05, 0) is 39.0 Å². The van der Waals surface area contributed by atoms with Crippen LogP contribution in [-0.4, -0.2) is 88.4 Å². The van der Waals surface area contributed by atoms with Crippen molar-refractivity contribution in [2.75, 3.05) is 49.4 Å². The van der Waals surface area contributed by atoms with Crippen molar-refractivity contribution in [2.45, 2.75) is 75.5 Å². The average Bonchev–Trinajstić information content (AvgIpc) is 3.67. The van der Waals surface area contributed by atoms with Crippen molar-refractivity contribution in [2.24, 2.45) is 0 Å². The summed E-state index contributed by atoms with van der Waals surface area (Å²) in [5.74, 6) is -4.67. The molecule has 42 heavy (non-hydrogen) atoms.